The van der Waals surface area contributed by atoms with E-state index in [1.807, 2.05) is 0 Å². The number of rotatable bonds is 1. The fraction of sp³-hybridized carbons (Fsp3) is 1.00. The topological polar surface area (TPSA) is 29.3 Å². The van der Waals surface area contributed by atoms with Gasteiger partial charge in [0.25, 0.3) is 0 Å². The van der Waals surface area contributed by atoms with Crippen molar-refractivity contribution in [2.45, 2.75) is 45.3 Å². The Hall–Kier alpha value is -0.0800. The monoisotopic (exact) mass is 142 g/mol. The van der Waals surface area contributed by atoms with Crippen LogP contribution in [0.3, 0.4) is 0 Å². The lowest BCUT2D eigenvalue weighted by molar-refractivity contribution is 0.215. The van der Waals surface area contributed by atoms with E-state index >= 15 is 0 Å². The molecule has 60 valence electrons. The molecule has 0 aromatic heterocycles. The van der Waals surface area contributed by atoms with Gasteiger partial charge in [-0.25, -0.2) is 0 Å². The van der Waals surface area contributed by atoms with Crippen LogP contribution in [0.15, 0.2) is 0 Å². The van der Waals surface area contributed by atoms with Crippen molar-refractivity contribution in [1.82, 2.24) is 4.90 Å². The molecule has 0 bridgehead atoms. The summed E-state index contributed by atoms with van der Waals surface area (Å²) >= 11 is 0. The van der Waals surface area contributed by atoms with E-state index in [4.69, 9.17) is 5.73 Å². The summed E-state index contributed by atoms with van der Waals surface area (Å²) in [5.74, 6) is 0. The first-order chi connectivity index (χ1) is 4.61. The molecule has 1 fully saturated rings. The Labute approximate surface area is 63.4 Å². The Balaban J connectivity index is 2.46. The molecule has 0 saturated carbocycles. The van der Waals surface area contributed by atoms with E-state index in [1.165, 1.54) is 0 Å². The number of nitrogens with two attached hydrogens (primary N) is 1. The van der Waals surface area contributed by atoms with Crippen LogP contribution in [0.25, 0.3) is 0 Å². The van der Waals surface area contributed by atoms with E-state index in [-0.39, 0.29) is 0 Å². The predicted molar refractivity (Wildman–Crippen MR) is 43.9 cm³/mol. The van der Waals surface area contributed by atoms with Gasteiger partial charge in [0.05, 0.1) is 0 Å². The molecule has 1 saturated heterocycles. The first-order valence-electron chi connectivity index (χ1n) is 4.12. The predicted octanol–water partition coefficient (Wildman–Crippen LogP) is 0.816. The number of hydrogen-bond acceptors (Lipinski definition) is 2. The molecule has 2 N–H and O–H groups in total. The Bertz CT molecular complexity index is 112. The minimum atomic E-state index is 0.414. The molecule has 1 heterocycles. The lowest BCUT2D eigenvalue weighted by Crippen LogP contribution is -2.35. The molecule has 0 aromatic carbocycles. The molecule has 0 spiro atoms. The van der Waals surface area contributed by atoms with E-state index in [2.05, 4.69) is 25.7 Å². The van der Waals surface area contributed by atoms with E-state index in [1.54, 1.807) is 0 Å². The van der Waals surface area contributed by atoms with Crippen LogP contribution in [-0.4, -0.2) is 29.6 Å². The molecule has 0 amide bonds. The molecule has 1 rings (SSSR count). The lowest BCUT2D eigenvalue weighted by atomic mass is 10.2. The van der Waals surface area contributed by atoms with Gasteiger partial charge in [-0.1, -0.05) is 0 Å². The Morgan fingerprint density at radius 2 is 2.10 bits per heavy atom. The lowest BCUT2D eigenvalue weighted by Gasteiger charge is -2.24. The van der Waals surface area contributed by atoms with Gasteiger partial charge >= 0.3 is 0 Å². The Kier molecular flexibility index (Phi) is 2.32. The van der Waals surface area contributed by atoms with Gasteiger partial charge in [-0.15, -0.1) is 0 Å². The van der Waals surface area contributed by atoms with Crippen molar-refractivity contribution in [1.29, 1.82) is 0 Å². The standard InChI is InChI=1S/C8H18N2/c1-6(2)10-5-8(9)4-7(10)3/h6-8H,4-5,9H2,1-3H3/t7-,8?/m1/s1. The van der Waals surface area contributed by atoms with Crippen LogP contribution >= 0.6 is 0 Å². The maximum absolute atomic E-state index is 5.81. The van der Waals surface area contributed by atoms with Gasteiger partial charge in [-0.05, 0) is 27.2 Å². The summed E-state index contributed by atoms with van der Waals surface area (Å²) in [7, 11) is 0. The highest BCUT2D eigenvalue weighted by atomic mass is 15.2. The van der Waals surface area contributed by atoms with Crippen molar-refractivity contribution in [3.8, 4) is 0 Å². The molecule has 2 heteroatoms. The molecule has 2 atom stereocenters. The zero-order valence-corrected chi connectivity index (χ0v) is 7.17. The minimum absolute atomic E-state index is 0.414. The second kappa shape index (κ2) is 2.89. The maximum Gasteiger partial charge on any atom is 0.0182 e. The van der Waals surface area contributed by atoms with Crippen molar-refractivity contribution < 1.29 is 0 Å². The molecule has 0 aromatic rings. The van der Waals surface area contributed by atoms with Crippen LogP contribution in [0.5, 0.6) is 0 Å². The summed E-state index contributed by atoms with van der Waals surface area (Å²) < 4.78 is 0. The van der Waals surface area contributed by atoms with Crippen LogP contribution in [0.1, 0.15) is 27.2 Å². The van der Waals surface area contributed by atoms with Gasteiger partial charge in [0.2, 0.25) is 0 Å². The molecule has 10 heavy (non-hydrogen) atoms. The highest BCUT2D eigenvalue weighted by Crippen LogP contribution is 2.17. The molecular weight excluding hydrogens is 124 g/mol. The molecule has 1 unspecified atom stereocenters. The van der Waals surface area contributed by atoms with Crippen LogP contribution in [0.2, 0.25) is 0 Å². The van der Waals surface area contributed by atoms with Gasteiger partial charge in [0.1, 0.15) is 0 Å². The fourth-order valence-electron chi connectivity index (χ4n) is 1.82. The second-order valence-electron chi connectivity index (χ2n) is 3.64. The summed E-state index contributed by atoms with van der Waals surface area (Å²) in [5.41, 5.74) is 5.81. The van der Waals surface area contributed by atoms with Crippen LogP contribution in [0, 0.1) is 0 Å². The molecule has 1 aliphatic heterocycles. The fourth-order valence-corrected chi connectivity index (χ4v) is 1.82. The highest BCUT2D eigenvalue weighted by Gasteiger charge is 2.27. The van der Waals surface area contributed by atoms with Gasteiger partial charge in [-0.2, -0.15) is 0 Å². The molecule has 2 nitrogen and oxygen atoms in total. The number of nitrogens with zero attached hydrogens (tertiary/aromatic N) is 1. The van der Waals surface area contributed by atoms with Crippen LogP contribution < -0.4 is 5.73 Å². The van der Waals surface area contributed by atoms with Crippen molar-refractivity contribution in [2.24, 2.45) is 5.73 Å². The van der Waals surface area contributed by atoms with Gasteiger partial charge < -0.3 is 5.73 Å². The van der Waals surface area contributed by atoms with Crippen molar-refractivity contribution in [3.05, 3.63) is 0 Å². The summed E-state index contributed by atoms with van der Waals surface area (Å²) in [5, 5.41) is 0. The zero-order valence-electron chi connectivity index (χ0n) is 7.17. The summed E-state index contributed by atoms with van der Waals surface area (Å²) in [4.78, 5) is 2.46. The van der Waals surface area contributed by atoms with Crippen LogP contribution in [-0.2, 0) is 0 Å². The second-order valence-corrected chi connectivity index (χ2v) is 3.64. The molecule has 1 aliphatic rings. The van der Waals surface area contributed by atoms with E-state index < -0.39 is 0 Å². The molecular formula is C8H18N2. The highest BCUT2D eigenvalue weighted by molar-refractivity contribution is 4.86. The van der Waals surface area contributed by atoms with Crippen molar-refractivity contribution >= 4 is 0 Å². The summed E-state index contributed by atoms with van der Waals surface area (Å²) in [6.45, 7) is 7.80. The Morgan fingerprint density at radius 3 is 2.30 bits per heavy atom. The average molecular weight is 142 g/mol. The largest absolute Gasteiger partial charge is 0.326 e. The maximum atomic E-state index is 5.81. The van der Waals surface area contributed by atoms with Gasteiger partial charge in [0.15, 0.2) is 0 Å². The quantitative estimate of drug-likeness (QED) is 0.587. The van der Waals surface area contributed by atoms with E-state index in [0.29, 0.717) is 18.1 Å². The first-order valence-corrected chi connectivity index (χ1v) is 4.12. The normalized spacial score (nSPS) is 35.7. The summed E-state index contributed by atoms with van der Waals surface area (Å²) in [6.07, 6.45) is 1.16. The third-order valence-electron chi connectivity index (χ3n) is 2.32. The average Bonchev–Trinajstić information content (AvgIpc) is 2.10. The van der Waals surface area contributed by atoms with Gasteiger partial charge in [-0.3, -0.25) is 4.90 Å². The van der Waals surface area contributed by atoms with Crippen molar-refractivity contribution in [3.63, 3.8) is 0 Å². The van der Waals surface area contributed by atoms with E-state index in [0.717, 1.165) is 13.0 Å². The zero-order chi connectivity index (χ0) is 7.72. The van der Waals surface area contributed by atoms with Gasteiger partial charge in [0, 0.05) is 24.7 Å². The molecule has 0 aliphatic carbocycles. The third-order valence-corrected chi connectivity index (χ3v) is 2.32. The third kappa shape index (κ3) is 1.50. The Morgan fingerprint density at radius 1 is 1.50 bits per heavy atom. The summed E-state index contributed by atoms with van der Waals surface area (Å²) in [6, 6.07) is 1.76. The minimum Gasteiger partial charge on any atom is -0.326 e. The number of hydrogen-bond donors (Lipinski definition) is 1. The van der Waals surface area contributed by atoms with Crippen molar-refractivity contribution in [2.75, 3.05) is 6.54 Å². The molecule has 0 radical (unpaired) electrons. The first kappa shape index (κ1) is 8.02. The number of likely N-dealkylation sites (tertiary alicyclic amines) is 1. The smallest absolute Gasteiger partial charge is 0.0182 e. The van der Waals surface area contributed by atoms with Crippen LogP contribution in [0.4, 0.5) is 0 Å². The SMILES string of the molecule is CC(C)N1CC(N)C[C@H]1C. The van der Waals surface area contributed by atoms with E-state index in [9.17, 15) is 0 Å².